The summed E-state index contributed by atoms with van der Waals surface area (Å²) in [6.07, 6.45) is 0.277. The number of nitrogens with one attached hydrogen (secondary N) is 1. The average molecular weight is 532 g/mol. The molecule has 0 aliphatic heterocycles. The number of carbonyl (C=O) groups is 2. The second-order valence-electron chi connectivity index (χ2n) is 7.14. The number of para-hydroxylation sites is 2. The number of rotatable bonds is 9. The van der Waals surface area contributed by atoms with Crippen molar-refractivity contribution in [2.24, 2.45) is 5.10 Å². The highest BCUT2D eigenvalue weighted by Crippen LogP contribution is 2.30. The van der Waals surface area contributed by atoms with E-state index in [-0.39, 0.29) is 33.5 Å². The van der Waals surface area contributed by atoms with Crippen molar-refractivity contribution in [3.63, 3.8) is 0 Å². The smallest absolute Gasteiger partial charge is 0.345 e. The van der Waals surface area contributed by atoms with Crippen LogP contribution in [0.1, 0.15) is 22.8 Å². The molecule has 0 aliphatic rings. The lowest BCUT2D eigenvalue weighted by Gasteiger charge is -2.13. The Morgan fingerprint density at radius 2 is 1.81 bits per heavy atom. The Balaban J connectivity index is 1.63. The Labute approximate surface area is 215 Å². The molecule has 3 rings (SSSR count). The number of halogens is 2. The molecule has 0 saturated heterocycles. The number of hydrogen-bond acceptors (Lipinski definition) is 8. The van der Waals surface area contributed by atoms with Crippen molar-refractivity contribution in [3.8, 4) is 17.2 Å². The molecule has 0 heterocycles. The van der Waals surface area contributed by atoms with Crippen LogP contribution in [0.5, 0.6) is 17.2 Å². The summed E-state index contributed by atoms with van der Waals surface area (Å²) >= 11 is 11.9. The highest BCUT2D eigenvalue weighted by molar-refractivity contribution is 6.36. The third-order valence-electron chi connectivity index (χ3n) is 4.66. The minimum atomic E-state index is -1.06. The van der Waals surface area contributed by atoms with Gasteiger partial charge >= 0.3 is 11.7 Å². The Morgan fingerprint density at radius 1 is 1.06 bits per heavy atom. The summed E-state index contributed by atoms with van der Waals surface area (Å²) in [6, 6.07) is 14.7. The summed E-state index contributed by atoms with van der Waals surface area (Å²) < 4.78 is 16.1. The van der Waals surface area contributed by atoms with Gasteiger partial charge < -0.3 is 14.2 Å². The number of nitrogens with zero attached hydrogens (tertiary/aromatic N) is 2. The minimum Gasteiger partial charge on any atom is -0.493 e. The minimum absolute atomic E-state index is 0.0381. The number of esters is 1. The predicted molar refractivity (Wildman–Crippen MR) is 133 cm³/mol. The molecule has 0 unspecified atom stereocenters. The van der Waals surface area contributed by atoms with E-state index in [4.69, 9.17) is 37.4 Å². The number of benzene rings is 3. The number of carbonyl (C=O) groups excluding carboxylic acids is 2. The third-order valence-corrected chi connectivity index (χ3v) is 5.21. The maximum Gasteiger partial charge on any atom is 0.345 e. The van der Waals surface area contributed by atoms with E-state index in [1.54, 1.807) is 12.1 Å². The van der Waals surface area contributed by atoms with Crippen molar-refractivity contribution in [2.45, 2.75) is 13.0 Å². The van der Waals surface area contributed by atoms with Crippen molar-refractivity contribution in [3.05, 3.63) is 92.0 Å². The van der Waals surface area contributed by atoms with Gasteiger partial charge in [0.25, 0.3) is 5.91 Å². The van der Waals surface area contributed by atoms with Gasteiger partial charge in [-0.05, 0) is 55.0 Å². The van der Waals surface area contributed by atoms with Crippen molar-refractivity contribution in [2.75, 3.05) is 7.11 Å². The van der Waals surface area contributed by atoms with Gasteiger partial charge in [-0.25, -0.2) is 10.2 Å². The van der Waals surface area contributed by atoms with Gasteiger partial charge in [-0.15, -0.1) is 0 Å². The van der Waals surface area contributed by atoms with E-state index in [1.165, 1.54) is 68.8 Å². The standard InChI is InChI=1S/C24H19Cl2N3O7/c1-14(35-20-6-4-3-5-19(20)29(32)33)23(30)28-27-13-15-7-10-21(22(11-15)34-2)36-24(31)17-9-8-16(25)12-18(17)26/h3-14H,1-2H3,(H,28,30)/b27-13-/t14-/m0/s1. The number of ether oxygens (including phenoxy) is 3. The van der Waals surface area contributed by atoms with E-state index in [2.05, 4.69) is 10.5 Å². The number of nitro benzene ring substituents is 1. The molecule has 0 fully saturated rings. The van der Waals surface area contributed by atoms with Gasteiger partial charge in [0, 0.05) is 11.1 Å². The molecule has 0 spiro atoms. The lowest BCUT2D eigenvalue weighted by Crippen LogP contribution is -2.33. The zero-order chi connectivity index (χ0) is 26.2. The fraction of sp³-hybridized carbons (Fsp3) is 0.125. The molecule has 186 valence electrons. The van der Waals surface area contributed by atoms with E-state index in [0.717, 1.165) is 0 Å². The van der Waals surface area contributed by atoms with Crippen LogP contribution >= 0.6 is 23.2 Å². The monoisotopic (exact) mass is 531 g/mol. The number of nitro groups is 1. The van der Waals surface area contributed by atoms with E-state index in [0.29, 0.717) is 10.6 Å². The number of methoxy groups -OCH3 is 1. The maximum absolute atomic E-state index is 12.5. The van der Waals surface area contributed by atoms with Crippen LogP contribution in [0.2, 0.25) is 10.0 Å². The SMILES string of the molecule is COc1cc(/C=N\NC(=O)[C@H](C)Oc2ccccc2[N+](=O)[O-])ccc1OC(=O)c1ccc(Cl)cc1Cl. The van der Waals surface area contributed by atoms with Gasteiger partial charge in [-0.2, -0.15) is 5.10 Å². The highest BCUT2D eigenvalue weighted by atomic mass is 35.5. The number of amides is 1. The second kappa shape index (κ2) is 12.0. The van der Waals surface area contributed by atoms with Gasteiger partial charge in [0.05, 0.1) is 28.8 Å². The molecule has 3 aromatic rings. The summed E-state index contributed by atoms with van der Waals surface area (Å²) in [5.41, 5.74) is 2.69. The molecule has 0 radical (unpaired) electrons. The summed E-state index contributed by atoms with van der Waals surface area (Å²) in [7, 11) is 1.40. The Morgan fingerprint density at radius 3 is 2.50 bits per heavy atom. The Kier molecular flexibility index (Phi) is 8.82. The Hall–Kier alpha value is -4.15. The lowest BCUT2D eigenvalue weighted by atomic mass is 10.2. The van der Waals surface area contributed by atoms with Crippen LogP contribution in [-0.2, 0) is 4.79 Å². The molecule has 0 bridgehead atoms. The van der Waals surface area contributed by atoms with Crippen molar-refractivity contribution in [1.29, 1.82) is 0 Å². The molecule has 0 aliphatic carbocycles. The summed E-state index contributed by atoms with van der Waals surface area (Å²) in [5.74, 6) is -0.986. The van der Waals surface area contributed by atoms with Gasteiger partial charge in [0.2, 0.25) is 0 Å². The van der Waals surface area contributed by atoms with Crippen molar-refractivity contribution < 1.29 is 28.7 Å². The van der Waals surface area contributed by atoms with E-state index >= 15 is 0 Å². The molecular weight excluding hydrogens is 513 g/mol. The molecule has 12 heteroatoms. The van der Waals surface area contributed by atoms with E-state index in [1.807, 2.05) is 0 Å². The summed E-state index contributed by atoms with van der Waals surface area (Å²) in [5, 5.41) is 15.5. The first-order valence-corrected chi connectivity index (χ1v) is 11.0. The van der Waals surface area contributed by atoms with Gasteiger partial charge in [0.15, 0.2) is 23.4 Å². The largest absolute Gasteiger partial charge is 0.493 e. The molecule has 36 heavy (non-hydrogen) atoms. The molecule has 0 aromatic heterocycles. The molecule has 3 aromatic carbocycles. The van der Waals surface area contributed by atoms with E-state index in [9.17, 15) is 19.7 Å². The van der Waals surface area contributed by atoms with Gasteiger partial charge in [-0.1, -0.05) is 35.3 Å². The fourth-order valence-corrected chi connectivity index (χ4v) is 3.36. The average Bonchev–Trinajstić information content (AvgIpc) is 2.84. The summed E-state index contributed by atoms with van der Waals surface area (Å²) in [4.78, 5) is 35.2. The first-order valence-electron chi connectivity index (χ1n) is 10.3. The van der Waals surface area contributed by atoms with E-state index < -0.39 is 22.9 Å². The molecule has 10 nitrogen and oxygen atoms in total. The summed E-state index contributed by atoms with van der Waals surface area (Å²) in [6.45, 7) is 1.43. The highest BCUT2D eigenvalue weighted by Gasteiger charge is 2.20. The topological polar surface area (TPSA) is 129 Å². The first kappa shape index (κ1) is 26.5. The van der Waals surface area contributed by atoms with Crippen molar-refractivity contribution >= 4 is 47.0 Å². The number of hydrogen-bond donors (Lipinski definition) is 1. The molecule has 1 atom stereocenters. The zero-order valence-electron chi connectivity index (χ0n) is 18.9. The van der Waals surface area contributed by atoms with Crippen LogP contribution in [0.3, 0.4) is 0 Å². The van der Waals surface area contributed by atoms with Crippen LogP contribution in [0.25, 0.3) is 0 Å². The normalized spacial score (nSPS) is 11.6. The quantitative estimate of drug-likeness (QED) is 0.134. The van der Waals surface area contributed by atoms with Crippen LogP contribution in [0, 0.1) is 10.1 Å². The first-order chi connectivity index (χ1) is 17.2. The van der Waals surface area contributed by atoms with Crippen molar-refractivity contribution in [1.82, 2.24) is 5.43 Å². The van der Waals surface area contributed by atoms with Crippen LogP contribution < -0.4 is 19.6 Å². The Bertz CT molecular complexity index is 1330. The van der Waals surface area contributed by atoms with Gasteiger partial charge in [0.1, 0.15) is 0 Å². The molecule has 1 N–H and O–H groups in total. The predicted octanol–water partition coefficient (Wildman–Crippen LogP) is 5.05. The van der Waals surface area contributed by atoms with Crippen LogP contribution in [0.15, 0.2) is 65.8 Å². The van der Waals surface area contributed by atoms with Crippen LogP contribution in [-0.4, -0.2) is 36.2 Å². The third kappa shape index (κ3) is 6.71. The van der Waals surface area contributed by atoms with Gasteiger partial charge in [-0.3, -0.25) is 14.9 Å². The molecule has 0 saturated carbocycles. The number of hydrazone groups is 1. The van der Waals surface area contributed by atoms with Crippen LogP contribution in [0.4, 0.5) is 5.69 Å². The lowest BCUT2D eigenvalue weighted by molar-refractivity contribution is -0.386. The molecular formula is C24H19Cl2N3O7. The second-order valence-corrected chi connectivity index (χ2v) is 7.99. The zero-order valence-corrected chi connectivity index (χ0v) is 20.4. The maximum atomic E-state index is 12.5. The molecule has 1 amide bonds. The fourth-order valence-electron chi connectivity index (χ4n) is 2.87.